The fourth-order valence-corrected chi connectivity index (χ4v) is 6.55. The number of nitrogens with one attached hydrogen (secondary N) is 1. The smallest absolute Gasteiger partial charge is 0.257 e. The minimum absolute atomic E-state index is 0.0314. The number of thiazole rings is 1. The molecule has 1 N–H and O–H groups in total. The van der Waals surface area contributed by atoms with Crippen LogP contribution in [-0.2, 0) is 17.0 Å². The van der Waals surface area contributed by atoms with Gasteiger partial charge in [-0.2, -0.15) is 0 Å². The maximum atomic E-state index is 13.1. The van der Waals surface area contributed by atoms with Crippen molar-refractivity contribution in [2.24, 2.45) is 11.3 Å². The molecule has 1 unspecified atom stereocenters. The first kappa shape index (κ1) is 32.5. The van der Waals surface area contributed by atoms with Crippen molar-refractivity contribution in [3.8, 4) is 5.75 Å². The van der Waals surface area contributed by atoms with Crippen LogP contribution in [0.1, 0.15) is 72.9 Å². The Hall–Kier alpha value is -3.37. The number of nitrogens with zero attached hydrogens (tertiary/aromatic N) is 3. The van der Waals surface area contributed by atoms with Gasteiger partial charge in [0.25, 0.3) is 11.8 Å². The number of aromatic nitrogens is 1. The highest BCUT2D eigenvalue weighted by molar-refractivity contribution is 8.00. The molecule has 2 aromatic carbocycles. The molecule has 1 aliphatic heterocycles. The minimum atomic E-state index is -0.173. The molecule has 0 saturated carbocycles. The number of piperazine rings is 1. The summed E-state index contributed by atoms with van der Waals surface area (Å²) in [4.78, 5) is 45.5. The standard InChI is InChI=1S/C33H42N4O4S2/c1-22(33(3,4)5)7-8-24-9-12-26(13-10-24)30(39)35-32-34-20-29(43-32)42-21-25-11-14-27(28(19-25)41-6)31(40)37-17-15-36(16-18-37)23(2)38/h9-14,19-20,22H,7-8,15-18,21H2,1-6H3,(H,34,35,39). The van der Waals surface area contributed by atoms with Crippen LogP contribution < -0.4 is 10.1 Å². The second-order valence-electron chi connectivity index (χ2n) is 12.1. The van der Waals surface area contributed by atoms with Crippen LogP contribution >= 0.6 is 23.1 Å². The van der Waals surface area contributed by atoms with E-state index in [2.05, 4.69) is 38.0 Å². The summed E-state index contributed by atoms with van der Waals surface area (Å²) >= 11 is 3.04. The third kappa shape index (κ3) is 8.83. The molecule has 3 amide bonds. The zero-order valence-corrected chi connectivity index (χ0v) is 27.6. The first-order valence-corrected chi connectivity index (χ1v) is 16.5. The lowest BCUT2D eigenvalue weighted by Crippen LogP contribution is -2.50. The van der Waals surface area contributed by atoms with Gasteiger partial charge in [-0.1, -0.05) is 57.2 Å². The molecular formula is C33H42N4O4S2. The van der Waals surface area contributed by atoms with E-state index in [4.69, 9.17) is 4.74 Å². The average Bonchev–Trinajstić information content (AvgIpc) is 3.45. The number of carbonyl (C=O) groups is 3. The van der Waals surface area contributed by atoms with Crippen LogP contribution in [0.25, 0.3) is 0 Å². The predicted octanol–water partition coefficient (Wildman–Crippen LogP) is 6.62. The number of amides is 3. The van der Waals surface area contributed by atoms with Gasteiger partial charge in [0.1, 0.15) is 5.75 Å². The molecule has 3 aromatic rings. The number of hydrogen-bond donors (Lipinski definition) is 1. The average molecular weight is 623 g/mol. The van der Waals surface area contributed by atoms with E-state index < -0.39 is 0 Å². The fraction of sp³-hybridized carbons (Fsp3) is 0.455. The number of anilines is 1. The fourth-order valence-electron chi connectivity index (χ4n) is 4.74. The van der Waals surface area contributed by atoms with Gasteiger partial charge >= 0.3 is 0 Å². The van der Waals surface area contributed by atoms with E-state index in [1.54, 1.807) is 41.8 Å². The summed E-state index contributed by atoms with van der Waals surface area (Å²) < 4.78 is 6.54. The number of hydrogen-bond acceptors (Lipinski definition) is 7. The molecule has 0 spiro atoms. The molecule has 0 bridgehead atoms. The number of aryl methyl sites for hydroxylation is 1. The molecule has 43 heavy (non-hydrogen) atoms. The first-order chi connectivity index (χ1) is 20.4. The summed E-state index contributed by atoms with van der Waals surface area (Å²) in [5, 5.41) is 3.47. The van der Waals surface area contributed by atoms with Gasteiger partial charge in [-0.05, 0) is 59.6 Å². The number of ether oxygens (including phenoxy) is 1. The number of carbonyl (C=O) groups excluding carboxylic acids is 3. The number of thioether (sulfide) groups is 1. The Morgan fingerprint density at radius 2 is 1.67 bits per heavy atom. The molecule has 0 radical (unpaired) electrons. The van der Waals surface area contributed by atoms with Crippen LogP contribution in [0.3, 0.4) is 0 Å². The van der Waals surface area contributed by atoms with Gasteiger partial charge in [0.15, 0.2) is 5.13 Å². The SMILES string of the molecule is COc1cc(CSc2cnc(NC(=O)c3ccc(CCC(C)C(C)(C)C)cc3)s2)ccc1C(=O)N1CCN(C(C)=O)CC1. The number of rotatable bonds is 10. The van der Waals surface area contributed by atoms with Crippen LogP contribution in [-0.4, -0.2) is 65.8 Å². The maximum absolute atomic E-state index is 13.1. The lowest BCUT2D eigenvalue weighted by atomic mass is 9.79. The largest absolute Gasteiger partial charge is 0.496 e. The zero-order valence-electron chi connectivity index (χ0n) is 25.9. The summed E-state index contributed by atoms with van der Waals surface area (Å²) in [6.45, 7) is 12.8. The molecule has 0 aliphatic carbocycles. The number of methoxy groups -OCH3 is 1. The lowest BCUT2D eigenvalue weighted by Gasteiger charge is -2.34. The van der Waals surface area contributed by atoms with Crippen LogP contribution in [0, 0.1) is 11.3 Å². The van der Waals surface area contributed by atoms with Crippen LogP contribution in [0.15, 0.2) is 52.9 Å². The van der Waals surface area contributed by atoms with Crippen molar-refractivity contribution >= 4 is 46.0 Å². The van der Waals surface area contributed by atoms with Gasteiger partial charge < -0.3 is 14.5 Å². The van der Waals surface area contributed by atoms with Crippen molar-refractivity contribution in [3.63, 3.8) is 0 Å². The summed E-state index contributed by atoms with van der Waals surface area (Å²) in [6.07, 6.45) is 3.88. The topological polar surface area (TPSA) is 91.8 Å². The highest BCUT2D eigenvalue weighted by Gasteiger charge is 2.25. The molecular weight excluding hydrogens is 581 g/mol. The van der Waals surface area contributed by atoms with Crippen molar-refractivity contribution < 1.29 is 19.1 Å². The van der Waals surface area contributed by atoms with Crippen molar-refractivity contribution in [2.75, 3.05) is 38.6 Å². The third-order valence-corrected chi connectivity index (χ3v) is 10.3. The van der Waals surface area contributed by atoms with E-state index in [0.29, 0.717) is 59.9 Å². The van der Waals surface area contributed by atoms with Crippen LogP contribution in [0.4, 0.5) is 5.13 Å². The molecule has 1 fully saturated rings. The van der Waals surface area contributed by atoms with E-state index in [1.165, 1.54) is 16.9 Å². The molecule has 8 nitrogen and oxygen atoms in total. The summed E-state index contributed by atoms with van der Waals surface area (Å²) in [6, 6.07) is 13.5. The monoisotopic (exact) mass is 622 g/mol. The lowest BCUT2D eigenvalue weighted by molar-refractivity contribution is -0.130. The van der Waals surface area contributed by atoms with Gasteiger partial charge in [0.2, 0.25) is 5.91 Å². The van der Waals surface area contributed by atoms with Crippen molar-refractivity contribution in [3.05, 3.63) is 70.9 Å². The summed E-state index contributed by atoms with van der Waals surface area (Å²) in [7, 11) is 1.57. The minimum Gasteiger partial charge on any atom is -0.496 e. The highest BCUT2D eigenvalue weighted by atomic mass is 32.2. The maximum Gasteiger partial charge on any atom is 0.257 e. The van der Waals surface area contributed by atoms with Crippen molar-refractivity contribution in [2.45, 2.75) is 57.4 Å². The normalized spacial score (nSPS) is 14.4. The Kier molecular flexibility index (Phi) is 10.9. The molecule has 1 aromatic heterocycles. The highest BCUT2D eigenvalue weighted by Crippen LogP contribution is 2.33. The van der Waals surface area contributed by atoms with Gasteiger partial charge in [-0.25, -0.2) is 4.98 Å². The van der Waals surface area contributed by atoms with E-state index >= 15 is 0 Å². The van der Waals surface area contributed by atoms with Gasteiger partial charge in [-0.3, -0.25) is 19.7 Å². The molecule has 230 valence electrons. The molecule has 1 aliphatic rings. The molecule has 10 heteroatoms. The van der Waals surface area contributed by atoms with E-state index in [9.17, 15) is 14.4 Å². The third-order valence-electron chi connectivity index (χ3n) is 8.16. The second-order valence-corrected chi connectivity index (χ2v) is 14.4. The summed E-state index contributed by atoms with van der Waals surface area (Å²) in [5.41, 5.74) is 3.66. The van der Waals surface area contributed by atoms with Gasteiger partial charge in [0, 0.05) is 44.4 Å². The quantitative estimate of drug-likeness (QED) is 0.256. The second kappa shape index (κ2) is 14.4. The van der Waals surface area contributed by atoms with Gasteiger partial charge in [-0.15, -0.1) is 11.8 Å². The Morgan fingerprint density at radius 3 is 2.30 bits per heavy atom. The van der Waals surface area contributed by atoms with E-state index in [1.807, 2.05) is 42.5 Å². The van der Waals surface area contributed by atoms with Crippen LogP contribution in [0.5, 0.6) is 5.75 Å². The van der Waals surface area contributed by atoms with E-state index in [0.717, 1.165) is 22.6 Å². The van der Waals surface area contributed by atoms with Gasteiger partial charge in [0.05, 0.1) is 23.1 Å². The Labute approximate surface area is 263 Å². The van der Waals surface area contributed by atoms with Crippen LogP contribution in [0.2, 0.25) is 0 Å². The zero-order chi connectivity index (χ0) is 31.1. The van der Waals surface area contributed by atoms with Crippen molar-refractivity contribution in [1.82, 2.24) is 14.8 Å². The number of benzene rings is 2. The van der Waals surface area contributed by atoms with E-state index in [-0.39, 0.29) is 23.1 Å². The Morgan fingerprint density at radius 1 is 1.02 bits per heavy atom. The molecule has 4 rings (SSSR count). The first-order valence-electron chi connectivity index (χ1n) is 14.6. The molecule has 1 saturated heterocycles. The van der Waals surface area contributed by atoms with Crippen molar-refractivity contribution in [1.29, 1.82) is 0 Å². The predicted molar refractivity (Wildman–Crippen MR) is 174 cm³/mol. The Balaban J connectivity index is 1.28. The molecule has 2 heterocycles. The molecule has 1 atom stereocenters. The summed E-state index contributed by atoms with van der Waals surface area (Å²) in [5.74, 6) is 1.57. The Bertz CT molecular complexity index is 1420.